The van der Waals surface area contributed by atoms with Gasteiger partial charge in [-0.2, -0.15) is 0 Å². The number of hydrogen-bond acceptors (Lipinski definition) is 5. The molecule has 1 N–H and O–H groups in total. The molecule has 1 saturated heterocycles. The molecule has 0 aliphatic carbocycles. The molecule has 0 spiro atoms. The molecule has 1 aromatic heterocycles. The van der Waals surface area contributed by atoms with Gasteiger partial charge in [-0.1, -0.05) is 91.0 Å². The van der Waals surface area contributed by atoms with Gasteiger partial charge in [0.1, 0.15) is 12.4 Å². The summed E-state index contributed by atoms with van der Waals surface area (Å²) in [6.07, 6.45) is 5.33. The van der Waals surface area contributed by atoms with E-state index < -0.39 is 11.6 Å². The predicted molar refractivity (Wildman–Crippen MR) is 148 cm³/mol. The summed E-state index contributed by atoms with van der Waals surface area (Å²) in [7, 11) is 0. The summed E-state index contributed by atoms with van der Waals surface area (Å²) in [6, 6.07) is 31.7. The van der Waals surface area contributed by atoms with E-state index in [0.29, 0.717) is 31.9 Å². The highest BCUT2D eigenvalue weighted by Gasteiger charge is 2.44. The van der Waals surface area contributed by atoms with E-state index in [4.69, 9.17) is 4.74 Å². The Morgan fingerprint density at radius 2 is 1.53 bits per heavy atom. The van der Waals surface area contributed by atoms with Crippen molar-refractivity contribution in [2.75, 3.05) is 19.7 Å². The van der Waals surface area contributed by atoms with Crippen LogP contribution in [0.4, 0.5) is 0 Å². The van der Waals surface area contributed by atoms with Gasteiger partial charge in [0.25, 0.3) is 0 Å². The molecule has 0 radical (unpaired) electrons. The van der Waals surface area contributed by atoms with Crippen LogP contribution in [-0.2, 0) is 21.6 Å². The highest BCUT2D eigenvalue weighted by molar-refractivity contribution is 5.69. The summed E-state index contributed by atoms with van der Waals surface area (Å²) in [5.41, 5.74) is 3.79. The average Bonchev–Trinajstić information content (AvgIpc) is 3.39. The zero-order valence-corrected chi connectivity index (χ0v) is 21.6. The first-order chi connectivity index (χ1) is 18.6. The number of aromatic nitrogens is 2. The molecule has 0 saturated carbocycles. The number of hydrogen-bond donors (Lipinski definition) is 1. The second-order valence-corrected chi connectivity index (χ2v) is 9.47. The Labute approximate surface area is 223 Å². The van der Waals surface area contributed by atoms with Crippen LogP contribution in [0.1, 0.15) is 35.9 Å². The first-order valence-electron chi connectivity index (χ1n) is 13.1. The molecule has 1 atom stereocenters. The van der Waals surface area contributed by atoms with E-state index >= 15 is 0 Å². The van der Waals surface area contributed by atoms with Crippen molar-refractivity contribution in [1.82, 2.24) is 14.5 Å². The largest absolute Gasteiger partial charge is 0.465 e. The van der Waals surface area contributed by atoms with Crippen LogP contribution in [0.25, 0.3) is 6.08 Å². The number of aliphatic hydroxyl groups excluding tert-OH is 1. The van der Waals surface area contributed by atoms with Crippen molar-refractivity contribution in [3.63, 3.8) is 0 Å². The van der Waals surface area contributed by atoms with Crippen molar-refractivity contribution in [2.24, 2.45) is 0 Å². The quantitative estimate of drug-likeness (QED) is 0.272. The summed E-state index contributed by atoms with van der Waals surface area (Å²) in [4.78, 5) is 19.0. The highest BCUT2D eigenvalue weighted by Crippen LogP contribution is 2.44. The van der Waals surface area contributed by atoms with Gasteiger partial charge in [-0.3, -0.25) is 9.69 Å². The van der Waals surface area contributed by atoms with Crippen LogP contribution in [0.15, 0.2) is 109 Å². The van der Waals surface area contributed by atoms with E-state index in [2.05, 4.69) is 82.7 Å². The number of benzene rings is 3. The molecule has 1 aliphatic heterocycles. The molecular weight excluding hydrogens is 474 g/mol. The molecule has 6 heteroatoms. The van der Waals surface area contributed by atoms with Crippen molar-refractivity contribution in [2.45, 2.75) is 31.5 Å². The molecule has 38 heavy (non-hydrogen) atoms. The van der Waals surface area contributed by atoms with Gasteiger partial charge in [0.2, 0.25) is 0 Å². The normalized spacial score (nSPS) is 17.4. The molecule has 3 aromatic carbocycles. The summed E-state index contributed by atoms with van der Waals surface area (Å²) in [6.45, 7) is 3.44. The molecule has 6 nitrogen and oxygen atoms in total. The summed E-state index contributed by atoms with van der Waals surface area (Å²) in [5.74, 6) is 0.311. The zero-order valence-electron chi connectivity index (χ0n) is 21.6. The summed E-state index contributed by atoms with van der Waals surface area (Å²) < 4.78 is 6.88. The number of likely N-dealkylation sites (tertiary alicyclic amines) is 1. The monoisotopic (exact) mass is 507 g/mol. The van der Waals surface area contributed by atoms with Crippen LogP contribution in [-0.4, -0.2) is 51.3 Å². The lowest BCUT2D eigenvalue weighted by Gasteiger charge is -2.48. The first-order valence-corrected chi connectivity index (χ1v) is 13.1. The molecule has 2 heterocycles. The van der Waals surface area contributed by atoms with Crippen molar-refractivity contribution >= 4 is 12.0 Å². The van der Waals surface area contributed by atoms with Gasteiger partial charge < -0.3 is 14.4 Å². The van der Waals surface area contributed by atoms with Gasteiger partial charge in [0.05, 0.1) is 18.2 Å². The number of carbonyl (C=O) groups excluding carboxylic acids is 1. The Balaban J connectivity index is 1.61. The number of piperidine rings is 1. The Bertz CT molecular complexity index is 1270. The van der Waals surface area contributed by atoms with Crippen molar-refractivity contribution < 1.29 is 14.6 Å². The maximum absolute atomic E-state index is 12.1. The Morgan fingerprint density at radius 1 is 0.974 bits per heavy atom. The van der Waals surface area contributed by atoms with Gasteiger partial charge in [0, 0.05) is 25.5 Å². The van der Waals surface area contributed by atoms with E-state index in [1.165, 1.54) is 0 Å². The molecule has 4 aromatic rings. The number of aliphatic hydroxyl groups is 1. The summed E-state index contributed by atoms with van der Waals surface area (Å²) in [5, 5.41) is 11.1. The third kappa shape index (κ3) is 5.05. The van der Waals surface area contributed by atoms with E-state index in [0.717, 1.165) is 22.3 Å². The first kappa shape index (κ1) is 25.6. The molecule has 1 fully saturated rings. The topological polar surface area (TPSA) is 67.6 Å². The molecule has 0 bridgehead atoms. The zero-order chi connectivity index (χ0) is 26.4. The number of nitrogens with zero attached hydrogens (tertiary/aromatic N) is 3. The van der Waals surface area contributed by atoms with Crippen molar-refractivity contribution in [3.8, 4) is 0 Å². The van der Waals surface area contributed by atoms with Crippen LogP contribution < -0.4 is 0 Å². The minimum absolute atomic E-state index is 0.0781. The third-order valence-corrected chi connectivity index (χ3v) is 7.19. The summed E-state index contributed by atoms with van der Waals surface area (Å²) >= 11 is 0. The lowest BCUT2D eigenvalue weighted by molar-refractivity contribution is -0.143. The van der Waals surface area contributed by atoms with Gasteiger partial charge in [-0.05, 0) is 41.7 Å². The predicted octanol–water partition coefficient (Wildman–Crippen LogP) is 4.89. The van der Waals surface area contributed by atoms with Crippen LogP contribution in [0, 0.1) is 0 Å². The number of ether oxygens (including phenoxy) is 1. The van der Waals surface area contributed by atoms with Gasteiger partial charge in [0.15, 0.2) is 0 Å². The lowest BCUT2D eigenvalue weighted by Crippen LogP contribution is -2.52. The SMILES string of the molecule is CCOC(=O)Cn1ccnc1/C=C1\CN(C(c2ccccc2)(c2ccccc2)c2ccccc2)CCC1O. The fraction of sp³-hybridized carbons (Fsp3) is 0.250. The minimum atomic E-state index is -0.598. The smallest absolute Gasteiger partial charge is 0.325 e. The number of imidazole rings is 1. The molecular formula is C32H33N3O3. The van der Waals surface area contributed by atoms with Crippen molar-refractivity contribution in [3.05, 3.63) is 131 Å². The average molecular weight is 508 g/mol. The number of carbonyl (C=O) groups is 1. The molecule has 5 rings (SSSR count). The lowest BCUT2D eigenvalue weighted by atomic mass is 9.74. The van der Waals surface area contributed by atoms with Gasteiger partial charge in [-0.15, -0.1) is 0 Å². The number of esters is 1. The van der Waals surface area contributed by atoms with Gasteiger partial charge in [-0.25, -0.2) is 4.98 Å². The fourth-order valence-corrected chi connectivity index (χ4v) is 5.49. The maximum atomic E-state index is 12.1. The minimum Gasteiger partial charge on any atom is -0.465 e. The highest BCUT2D eigenvalue weighted by atomic mass is 16.5. The van der Waals surface area contributed by atoms with Crippen LogP contribution in [0.2, 0.25) is 0 Å². The Kier molecular flexibility index (Phi) is 7.82. The van der Waals surface area contributed by atoms with E-state index in [1.807, 2.05) is 24.3 Å². The fourth-order valence-electron chi connectivity index (χ4n) is 5.49. The van der Waals surface area contributed by atoms with Crippen LogP contribution in [0.5, 0.6) is 0 Å². The molecule has 194 valence electrons. The van der Waals surface area contributed by atoms with E-state index in [1.54, 1.807) is 23.9 Å². The van der Waals surface area contributed by atoms with E-state index in [-0.39, 0.29) is 12.5 Å². The standard InChI is InChI=1S/C32H33N3O3/c1-2-38-31(37)24-34-21-19-33-30(34)22-25-23-35(20-18-29(25)36)32(26-12-6-3-7-13-26,27-14-8-4-9-15-27)28-16-10-5-11-17-28/h3-17,19,21-22,29,36H,2,18,20,23-24H2,1H3/b25-22+. The second-order valence-electron chi connectivity index (χ2n) is 9.47. The molecule has 1 aliphatic rings. The van der Waals surface area contributed by atoms with Crippen LogP contribution >= 0.6 is 0 Å². The van der Waals surface area contributed by atoms with Gasteiger partial charge >= 0.3 is 5.97 Å². The molecule has 1 unspecified atom stereocenters. The second kappa shape index (κ2) is 11.6. The Morgan fingerprint density at radius 3 is 2.05 bits per heavy atom. The maximum Gasteiger partial charge on any atom is 0.325 e. The Hall–Kier alpha value is -4.00. The van der Waals surface area contributed by atoms with E-state index in [9.17, 15) is 9.90 Å². The van der Waals surface area contributed by atoms with Crippen LogP contribution in [0.3, 0.4) is 0 Å². The third-order valence-electron chi connectivity index (χ3n) is 7.19. The van der Waals surface area contributed by atoms with Crippen molar-refractivity contribution in [1.29, 1.82) is 0 Å². The number of rotatable bonds is 8. The molecule has 0 amide bonds.